The van der Waals surface area contributed by atoms with Gasteiger partial charge < -0.3 is 25.2 Å². The Bertz CT molecular complexity index is 932. The number of fused-ring (bicyclic) bond motifs is 3. The molecular weight excluding hydrogens is 460 g/mol. The monoisotopic (exact) mass is 502 g/mol. The third-order valence-electron chi connectivity index (χ3n) is 8.60. The van der Waals surface area contributed by atoms with Crippen LogP contribution in [0.25, 0.3) is 0 Å². The van der Waals surface area contributed by atoms with Gasteiger partial charge >= 0.3 is 11.9 Å². The van der Waals surface area contributed by atoms with Crippen molar-refractivity contribution in [1.29, 1.82) is 0 Å². The molecule has 9 unspecified atom stereocenters. The molecule has 1 aliphatic heterocycles. The molecule has 2 aliphatic carbocycles. The zero-order valence-electron chi connectivity index (χ0n) is 21.8. The minimum atomic E-state index is -1.15. The second kappa shape index (κ2) is 11.9. The maximum absolute atomic E-state index is 13.8. The molecule has 0 radical (unpaired) electrons. The molecule has 36 heavy (non-hydrogen) atoms. The Kier molecular flexibility index (Phi) is 9.36. The third-order valence-corrected chi connectivity index (χ3v) is 8.60. The van der Waals surface area contributed by atoms with Crippen LogP contribution >= 0.6 is 0 Å². The molecule has 0 aromatic heterocycles. The molecule has 9 atom stereocenters. The Labute approximate surface area is 214 Å². The van der Waals surface area contributed by atoms with Gasteiger partial charge in [0.25, 0.3) is 0 Å². The highest BCUT2D eigenvalue weighted by Crippen LogP contribution is 2.55. The molecule has 0 aromatic carbocycles. The number of allylic oxidation sites excluding steroid dienone is 4. The van der Waals surface area contributed by atoms with E-state index in [2.05, 4.69) is 0 Å². The SMILES string of the molecule is CC1CCC/C=C(\C(=O)O)C(O)C(C)/C=C/C=C/C2C(CO)=CC3C(O)C(C)CCC3C2(C)C(=O)O1. The summed E-state index contributed by atoms with van der Waals surface area (Å²) in [5.41, 5.74) is -0.309. The van der Waals surface area contributed by atoms with E-state index < -0.39 is 35.4 Å². The number of rotatable bonds is 2. The summed E-state index contributed by atoms with van der Waals surface area (Å²) in [6.45, 7) is 7.28. The van der Waals surface area contributed by atoms with Crippen molar-refractivity contribution in [3.8, 4) is 0 Å². The Morgan fingerprint density at radius 2 is 1.81 bits per heavy atom. The fraction of sp³-hybridized carbons (Fsp3) is 0.655. The van der Waals surface area contributed by atoms with Crippen molar-refractivity contribution in [2.45, 2.75) is 78.1 Å². The number of hydrogen-bond donors (Lipinski definition) is 4. The zero-order chi connectivity index (χ0) is 26.6. The molecule has 3 aliphatic rings. The number of esters is 1. The first-order valence-corrected chi connectivity index (χ1v) is 13.2. The molecule has 0 aromatic rings. The molecule has 0 saturated heterocycles. The lowest BCUT2D eigenvalue weighted by Gasteiger charge is -2.52. The molecule has 200 valence electrons. The highest BCUT2D eigenvalue weighted by Gasteiger charge is 2.56. The van der Waals surface area contributed by atoms with E-state index in [0.717, 1.165) is 12.8 Å². The van der Waals surface area contributed by atoms with E-state index in [9.17, 15) is 30.0 Å². The summed E-state index contributed by atoms with van der Waals surface area (Å²) in [7, 11) is 0. The van der Waals surface area contributed by atoms with Crippen LogP contribution < -0.4 is 0 Å². The van der Waals surface area contributed by atoms with Crippen molar-refractivity contribution in [2.24, 2.45) is 35.0 Å². The van der Waals surface area contributed by atoms with Crippen LogP contribution in [0, 0.1) is 35.0 Å². The Morgan fingerprint density at radius 3 is 2.47 bits per heavy atom. The summed E-state index contributed by atoms with van der Waals surface area (Å²) in [6.07, 6.45) is 11.7. The molecule has 4 N–H and O–H groups in total. The van der Waals surface area contributed by atoms with Gasteiger partial charge in [0.15, 0.2) is 0 Å². The van der Waals surface area contributed by atoms with Crippen molar-refractivity contribution in [3.63, 3.8) is 0 Å². The largest absolute Gasteiger partial charge is 0.478 e. The number of aliphatic carboxylic acids is 1. The van der Waals surface area contributed by atoms with Crippen LogP contribution in [0.3, 0.4) is 0 Å². The second-order valence-corrected chi connectivity index (χ2v) is 11.1. The lowest BCUT2D eigenvalue weighted by atomic mass is 9.52. The predicted molar refractivity (Wildman–Crippen MR) is 137 cm³/mol. The molecule has 0 amide bonds. The maximum atomic E-state index is 13.8. The molecule has 7 nitrogen and oxygen atoms in total. The number of carboxylic acids is 1. The van der Waals surface area contributed by atoms with Gasteiger partial charge in [-0.2, -0.15) is 0 Å². The first-order valence-electron chi connectivity index (χ1n) is 13.2. The van der Waals surface area contributed by atoms with Crippen LogP contribution in [0.4, 0.5) is 0 Å². The number of carboxylic acid groups (broad SMARTS) is 1. The normalized spacial score (nSPS) is 43.6. The van der Waals surface area contributed by atoms with Crippen LogP contribution in [-0.2, 0) is 14.3 Å². The third kappa shape index (κ3) is 5.68. The maximum Gasteiger partial charge on any atom is 0.333 e. The van der Waals surface area contributed by atoms with E-state index in [-0.39, 0.29) is 42.0 Å². The van der Waals surface area contributed by atoms with Gasteiger partial charge in [0.05, 0.1) is 35.9 Å². The van der Waals surface area contributed by atoms with Crippen molar-refractivity contribution >= 4 is 11.9 Å². The van der Waals surface area contributed by atoms with Gasteiger partial charge in [0, 0.05) is 17.8 Å². The molecule has 0 bridgehead atoms. The lowest BCUT2D eigenvalue weighted by molar-refractivity contribution is -0.172. The van der Waals surface area contributed by atoms with Crippen molar-refractivity contribution in [2.75, 3.05) is 6.61 Å². The molecule has 3 rings (SSSR count). The number of carbonyl (C=O) groups excluding carboxylic acids is 1. The summed E-state index contributed by atoms with van der Waals surface area (Å²) in [5.74, 6) is -2.58. The van der Waals surface area contributed by atoms with Crippen LogP contribution in [0.2, 0.25) is 0 Å². The van der Waals surface area contributed by atoms with Crippen LogP contribution in [0.15, 0.2) is 47.6 Å². The number of hydrogen-bond acceptors (Lipinski definition) is 6. The number of aliphatic hydroxyl groups is 3. The first kappa shape index (κ1) is 28.4. The molecule has 7 heteroatoms. The Balaban J connectivity index is 2.04. The molecular formula is C29H42O7. The van der Waals surface area contributed by atoms with Crippen molar-refractivity contribution < 1.29 is 34.8 Å². The van der Waals surface area contributed by atoms with E-state index >= 15 is 0 Å². The smallest absolute Gasteiger partial charge is 0.333 e. The quantitative estimate of drug-likeness (QED) is 0.334. The van der Waals surface area contributed by atoms with Gasteiger partial charge in [-0.05, 0) is 63.4 Å². The topological polar surface area (TPSA) is 124 Å². The fourth-order valence-corrected chi connectivity index (χ4v) is 6.23. The minimum absolute atomic E-state index is 0.0330. The lowest BCUT2D eigenvalue weighted by Crippen LogP contribution is -2.54. The molecule has 0 spiro atoms. The zero-order valence-corrected chi connectivity index (χ0v) is 21.8. The summed E-state index contributed by atoms with van der Waals surface area (Å²) >= 11 is 0. The van der Waals surface area contributed by atoms with E-state index in [4.69, 9.17) is 4.74 Å². The van der Waals surface area contributed by atoms with Gasteiger partial charge in [-0.1, -0.05) is 50.3 Å². The standard InChI is InChI=1S/C29H42O7/c1-17-9-5-8-12-23-20(16-30)15-22-24(14-13-18(2)26(22)32)29(23,4)28(35)36-19(3)10-6-7-11-21(25(17)31)27(33)34/h5,8-9,11-12,15,17-19,22-26,30-32H,6-7,10,13-14,16H2,1-4H3,(H,33,34)/b9-5+,12-8+,21-11-. The number of ether oxygens (including phenoxy) is 1. The van der Waals surface area contributed by atoms with Crippen molar-refractivity contribution in [3.05, 3.63) is 47.6 Å². The summed E-state index contributed by atoms with van der Waals surface area (Å²) in [4.78, 5) is 25.5. The summed E-state index contributed by atoms with van der Waals surface area (Å²) < 4.78 is 5.97. The van der Waals surface area contributed by atoms with Gasteiger partial charge in [0.2, 0.25) is 0 Å². The van der Waals surface area contributed by atoms with E-state index in [1.165, 1.54) is 0 Å². The predicted octanol–water partition coefficient (Wildman–Crippen LogP) is 3.80. The Hall–Kier alpha value is -2.22. The number of carbonyl (C=O) groups is 2. The minimum Gasteiger partial charge on any atom is -0.478 e. The van der Waals surface area contributed by atoms with E-state index in [1.54, 1.807) is 31.2 Å². The number of cyclic esters (lactones) is 1. The highest BCUT2D eigenvalue weighted by molar-refractivity contribution is 5.87. The van der Waals surface area contributed by atoms with Gasteiger partial charge in [-0.3, -0.25) is 4.79 Å². The molecule has 1 saturated carbocycles. The van der Waals surface area contributed by atoms with Gasteiger partial charge in [-0.25, -0.2) is 4.79 Å². The van der Waals surface area contributed by atoms with Crippen LogP contribution in [0.1, 0.15) is 59.8 Å². The second-order valence-electron chi connectivity index (χ2n) is 11.1. The van der Waals surface area contributed by atoms with Crippen LogP contribution in [0.5, 0.6) is 0 Å². The first-order chi connectivity index (χ1) is 17.0. The van der Waals surface area contributed by atoms with Gasteiger partial charge in [0.1, 0.15) is 0 Å². The van der Waals surface area contributed by atoms with E-state index in [1.807, 2.05) is 32.9 Å². The van der Waals surface area contributed by atoms with Crippen molar-refractivity contribution in [1.82, 2.24) is 0 Å². The average molecular weight is 503 g/mol. The fourth-order valence-electron chi connectivity index (χ4n) is 6.23. The average Bonchev–Trinajstić information content (AvgIpc) is 2.83. The van der Waals surface area contributed by atoms with Gasteiger partial charge in [-0.15, -0.1) is 0 Å². The summed E-state index contributed by atoms with van der Waals surface area (Å²) in [5, 5.41) is 41.5. The molecule has 1 heterocycles. The Morgan fingerprint density at radius 1 is 1.11 bits per heavy atom. The van der Waals surface area contributed by atoms with E-state index in [0.29, 0.717) is 24.8 Å². The summed E-state index contributed by atoms with van der Waals surface area (Å²) in [6, 6.07) is 0. The molecule has 1 fully saturated rings. The van der Waals surface area contributed by atoms with Crippen LogP contribution in [-0.4, -0.2) is 57.3 Å². The highest BCUT2D eigenvalue weighted by atomic mass is 16.5. The number of aliphatic hydroxyl groups excluding tert-OH is 3.